The highest BCUT2D eigenvalue weighted by Crippen LogP contribution is 2.32. The monoisotopic (exact) mass is 302 g/mol. The van der Waals surface area contributed by atoms with Gasteiger partial charge in [-0.15, -0.1) is 11.3 Å². The standard InChI is InChI=1S/C15H15FN4S/c16-12-4-1-2-5-13(12)20(8-3-7-17)14-11-6-9-21-15(11)19-10-18-14/h1-2,4-6,9-10H,3,7-8,17H2. The third kappa shape index (κ3) is 2.72. The molecule has 2 N–H and O–H groups in total. The van der Waals surface area contributed by atoms with Crippen molar-refractivity contribution in [3.05, 3.63) is 47.9 Å². The third-order valence-corrected chi connectivity index (χ3v) is 4.05. The summed E-state index contributed by atoms with van der Waals surface area (Å²) in [5.74, 6) is 0.455. The van der Waals surface area contributed by atoms with Gasteiger partial charge < -0.3 is 10.6 Å². The third-order valence-electron chi connectivity index (χ3n) is 3.23. The maximum atomic E-state index is 14.2. The molecule has 0 aliphatic heterocycles. The Morgan fingerprint density at radius 2 is 2.05 bits per heavy atom. The van der Waals surface area contributed by atoms with Gasteiger partial charge in [-0.3, -0.25) is 0 Å². The molecule has 108 valence electrons. The fraction of sp³-hybridized carbons (Fsp3) is 0.200. The molecule has 3 aromatic rings. The lowest BCUT2D eigenvalue weighted by Gasteiger charge is -2.24. The zero-order valence-electron chi connectivity index (χ0n) is 11.4. The van der Waals surface area contributed by atoms with Crippen LogP contribution in [0.25, 0.3) is 10.2 Å². The van der Waals surface area contributed by atoms with Gasteiger partial charge in [-0.05, 0) is 36.5 Å². The predicted molar refractivity (Wildman–Crippen MR) is 84.5 cm³/mol. The van der Waals surface area contributed by atoms with Crippen LogP contribution in [0.3, 0.4) is 0 Å². The second-order valence-corrected chi connectivity index (χ2v) is 5.48. The van der Waals surface area contributed by atoms with Crippen LogP contribution in [0, 0.1) is 5.82 Å². The van der Waals surface area contributed by atoms with Gasteiger partial charge in [0.05, 0.1) is 11.1 Å². The molecule has 0 saturated heterocycles. The molecule has 0 saturated carbocycles. The molecule has 0 radical (unpaired) electrons. The molecular weight excluding hydrogens is 287 g/mol. The van der Waals surface area contributed by atoms with Crippen molar-refractivity contribution in [2.75, 3.05) is 18.0 Å². The van der Waals surface area contributed by atoms with Crippen LogP contribution in [-0.4, -0.2) is 23.1 Å². The van der Waals surface area contributed by atoms with Gasteiger partial charge in [0, 0.05) is 6.54 Å². The summed E-state index contributed by atoms with van der Waals surface area (Å²) in [4.78, 5) is 11.4. The highest BCUT2D eigenvalue weighted by atomic mass is 32.1. The van der Waals surface area contributed by atoms with Crippen molar-refractivity contribution in [3.63, 3.8) is 0 Å². The van der Waals surface area contributed by atoms with Gasteiger partial charge in [0.2, 0.25) is 0 Å². The maximum absolute atomic E-state index is 14.2. The number of para-hydroxylation sites is 1. The Balaban J connectivity index is 2.11. The van der Waals surface area contributed by atoms with Crippen LogP contribution >= 0.6 is 11.3 Å². The van der Waals surface area contributed by atoms with E-state index in [-0.39, 0.29) is 5.82 Å². The smallest absolute Gasteiger partial charge is 0.146 e. The minimum Gasteiger partial charge on any atom is -0.330 e. The van der Waals surface area contributed by atoms with Crippen molar-refractivity contribution in [1.82, 2.24) is 9.97 Å². The summed E-state index contributed by atoms with van der Waals surface area (Å²) in [7, 11) is 0. The largest absolute Gasteiger partial charge is 0.330 e. The number of hydrogen-bond acceptors (Lipinski definition) is 5. The second kappa shape index (κ2) is 6.15. The first-order valence-corrected chi connectivity index (χ1v) is 7.59. The van der Waals surface area contributed by atoms with Gasteiger partial charge >= 0.3 is 0 Å². The Morgan fingerprint density at radius 1 is 1.19 bits per heavy atom. The molecule has 0 unspecified atom stereocenters. The summed E-state index contributed by atoms with van der Waals surface area (Å²) in [5, 5.41) is 2.90. The maximum Gasteiger partial charge on any atom is 0.146 e. The first-order chi connectivity index (χ1) is 10.3. The van der Waals surface area contributed by atoms with Crippen molar-refractivity contribution in [3.8, 4) is 0 Å². The highest BCUT2D eigenvalue weighted by Gasteiger charge is 2.17. The molecule has 21 heavy (non-hydrogen) atoms. The zero-order chi connectivity index (χ0) is 14.7. The van der Waals surface area contributed by atoms with E-state index in [1.807, 2.05) is 22.4 Å². The van der Waals surface area contributed by atoms with Crippen molar-refractivity contribution in [2.45, 2.75) is 6.42 Å². The van der Waals surface area contributed by atoms with E-state index in [1.165, 1.54) is 12.4 Å². The normalized spacial score (nSPS) is 11.0. The van der Waals surface area contributed by atoms with Crippen molar-refractivity contribution in [2.24, 2.45) is 5.73 Å². The molecule has 2 heterocycles. The van der Waals surface area contributed by atoms with Crippen molar-refractivity contribution < 1.29 is 4.39 Å². The van der Waals surface area contributed by atoms with Crippen LogP contribution in [0.15, 0.2) is 42.0 Å². The minimum absolute atomic E-state index is 0.267. The molecule has 6 heteroatoms. The topological polar surface area (TPSA) is 55.0 Å². The first kappa shape index (κ1) is 13.9. The molecule has 0 fully saturated rings. The number of halogens is 1. The van der Waals surface area contributed by atoms with Crippen LogP contribution < -0.4 is 10.6 Å². The van der Waals surface area contributed by atoms with E-state index >= 15 is 0 Å². The number of rotatable bonds is 5. The van der Waals surface area contributed by atoms with Gasteiger partial charge in [0.15, 0.2) is 0 Å². The Bertz CT molecular complexity index is 743. The van der Waals surface area contributed by atoms with E-state index in [0.29, 0.717) is 18.8 Å². The molecule has 0 aliphatic rings. The van der Waals surface area contributed by atoms with Crippen LogP contribution in [0.5, 0.6) is 0 Å². The summed E-state index contributed by atoms with van der Waals surface area (Å²) >= 11 is 1.55. The average Bonchev–Trinajstić information content (AvgIpc) is 2.98. The van der Waals surface area contributed by atoms with E-state index in [1.54, 1.807) is 23.5 Å². The summed E-state index contributed by atoms with van der Waals surface area (Å²) in [5.41, 5.74) is 6.12. The molecule has 4 nitrogen and oxygen atoms in total. The lowest BCUT2D eigenvalue weighted by molar-refractivity contribution is 0.623. The predicted octanol–water partition coefficient (Wildman–Crippen LogP) is 3.32. The second-order valence-electron chi connectivity index (χ2n) is 4.58. The number of thiophene rings is 1. The molecule has 0 bridgehead atoms. The fourth-order valence-electron chi connectivity index (χ4n) is 2.25. The molecule has 0 aliphatic carbocycles. The van der Waals surface area contributed by atoms with Crippen LogP contribution in [0.1, 0.15) is 6.42 Å². The SMILES string of the molecule is NCCCN(c1ccccc1F)c1ncnc2sccc12. The number of benzene rings is 1. The quantitative estimate of drug-likeness (QED) is 0.785. The fourth-order valence-corrected chi connectivity index (χ4v) is 2.98. The Kier molecular flexibility index (Phi) is 4.08. The van der Waals surface area contributed by atoms with E-state index in [4.69, 9.17) is 5.73 Å². The summed E-state index contributed by atoms with van der Waals surface area (Å²) in [6, 6.07) is 8.68. The van der Waals surface area contributed by atoms with Crippen LogP contribution in [0.4, 0.5) is 15.9 Å². The molecule has 0 amide bonds. The first-order valence-electron chi connectivity index (χ1n) is 6.71. The lowest BCUT2D eigenvalue weighted by atomic mass is 10.2. The number of aromatic nitrogens is 2. The van der Waals surface area contributed by atoms with Gasteiger partial charge in [-0.2, -0.15) is 0 Å². The summed E-state index contributed by atoms with van der Waals surface area (Å²) < 4.78 is 14.2. The number of fused-ring (bicyclic) bond motifs is 1. The van der Waals surface area contributed by atoms with Crippen LogP contribution in [0.2, 0.25) is 0 Å². The Labute approximate surface area is 126 Å². The Hall–Kier alpha value is -2.05. The van der Waals surface area contributed by atoms with Crippen molar-refractivity contribution in [1.29, 1.82) is 0 Å². The minimum atomic E-state index is -0.267. The van der Waals surface area contributed by atoms with Gasteiger partial charge in [0.1, 0.15) is 22.8 Å². The van der Waals surface area contributed by atoms with Crippen molar-refractivity contribution >= 4 is 33.1 Å². The van der Waals surface area contributed by atoms with Crippen LogP contribution in [-0.2, 0) is 0 Å². The number of hydrogen-bond donors (Lipinski definition) is 1. The van der Waals surface area contributed by atoms with Gasteiger partial charge in [-0.1, -0.05) is 12.1 Å². The molecule has 0 atom stereocenters. The summed E-state index contributed by atoms with van der Waals surface area (Å²) in [6.45, 7) is 1.15. The number of anilines is 2. The van der Waals surface area contributed by atoms with E-state index < -0.39 is 0 Å². The molecule has 0 spiro atoms. The average molecular weight is 302 g/mol. The Morgan fingerprint density at radius 3 is 2.86 bits per heavy atom. The van der Waals surface area contributed by atoms with Gasteiger partial charge in [0.25, 0.3) is 0 Å². The molecule has 3 rings (SSSR count). The highest BCUT2D eigenvalue weighted by molar-refractivity contribution is 7.16. The molecule has 2 aromatic heterocycles. The number of nitrogens with zero attached hydrogens (tertiary/aromatic N) is 3. The van der Waals surface area contributed by atoms with E-state index in [9.17, 15) is 4.39 Å². The zero-order valence-corrected chi connectivity index (χ0v) is 12.2. The van der Waals surface area contributed by atoms with Gasteiger partial charge in [-0.25, -0.2) is 14.4 Å². The van der Waals surface area contributed by atoms with E-state index in [2.05, 4.69) is 9.97 Å². The lowest BCUT2D eigenvalue weighted by Crippen LogP contribution is -2.23. The summed E-state index contributed by atoms with van der Waals surface area (Å²) in [6.07, 6.45) is 2.27. The van der Waals surface area contributed by atoms with E-state index in [0.717, 1.165) is 22.5 Å². The number of nitrogens with two attached hydrogens (primary N) is 1. The molecule has 1 aromatic carbocycles. The molecular formula is C15H15FN4S.